The summed E-state index contributed by atoms with van der Waals surface area (Å²) < 4.78 is 4.92. The molecule has 40 valence electrons. The molecular weight excluding hydrogens is 114 g/mol. The summed E-state index contributed by atoms with van der Waals surface area (Å²) in [7, 11) is 0. The van der Waals surface area contributed by atoms with Crippen molar-refractivity contribution in [1.82, 2.24) is 0 Å². The first-order chi connectivity index (χ1) is 3.43. The van der Waals surface area contributed by atoms with Crippen LogP contribution in [0.3, 0.4) is 0 Å². The van der Waals surface area contributed by atoms with Crippen molar-refractivity contribution >= 4 is 17.5 Å². The molecule has 0 atom stereocenters. The number of ether oxygens (including phenoxy) is 1. The van der Waals surface area contributed by atoms with E-state index in [1.165, 1.54) is 0 Å². The minimum atomic E-state index is 0.417. The van der Waals surface area contributed by atoms with Gasteiger partial charge in [-0.1, -0.05) is 0 Å². The van der Waals surface area contributed by atoms with Gasteiger partial charge in [0.2, 0.25) is 0 Å². The highest BCUT2D eigenvalue weighted by molar-refractivity contribution is 6.27. The first-order valence-electron chi connectivity index (χ1n) is 2.15. The second-order valence-electron chi connectivity index (χ2n) is 1.26. The normalized spacial score (nSPS) is 18.7. The monoisotopic (exact) mass is 119 g/mol. The summed E-state index contributed by atoms with van der Waals surface area (Å²) in [6.45, 7) is 1.49. The summed E-state index contributed by atoms with van der Waals surface area (Å²) in [5, 5.41) is 0. The van der Waals surface area contributed by atoms with E-state index in [1.54, 1.807) is 0 Å². The number of aliphatic imine (C=N–C) groups is 1. The summed E-state index contributed by atoms with van der Waals surface area (Å²) in [5.74, 6) is 1.10. The van der Waals surface area contributed by atoms with Crippen molar-refractivity contribution in [3.8, 4) is 0 Å². The fourth-order valence-corrected chi connectivity index (χ4v) is 0.622. The molecule has 0 aliphatic carbocycles. The van der Waals surface area contributed by atoms with Gasteiger partial charge >= 0.3 is 0 Å². The van der Waals surface area contributed by atoms with Gasteiger partial charge in [-0.15, -0.1) is 11.6 Å². The second kappa shape index (κ2) is 2.17. The molecular formula is C4H6ClNO. The molecule has 0 spiro atoms. The van der Waals surface area contributed by atoms with Gasteiger partial charge in [-0.3, -0.25) is 4.99 Å². The number of rotatable bonds is 1. The van der Waals surface area contributed by atoms with Crippen LogP contribution < -0.4 is 0 Å². The number of nitrogens with zero attached hydrogens (tertiary/aromatic N) is 1. The Labute approximate surface area is 47.1 Å². The Balaban J connectivity index is 2.36. The SMILES string of the molecule is ClCC1=NCCO1. The maximum absolute atomic E-state index is 5.35. The average molecular weight is 120 g/mol. The lowest BCUT2D eigenvalue weighted by Gasteiger charge is -1.90. The van der Waals surface area contributed by atoms with Crippen molar-refractivity contribution in [3.05, 3.63) is 0 Å². The Hall–Kier alpha value is -0.240. The number of alkyl halides is 1. The van der Waals surface area contributed by atoms with Crippen LogP contribution in [0.5, 0.6) is 0 Å². The molecule has 0 saturated heterocycles. The minimum absolute atomic E-state index is 0.417. The van der Waals surface area contributed by atoms with Crippen molar-refractivity contribution < 1.29 is 4.74 Å². The van der Waals surface area contributed by atoms with E-state index in [4.69, 9.17) is 16.3 Å². The molecule has 0 fully saturated rings. The second-order valence-corrected chi connectivity index (χ2v) is 1.52. The molecule has 0 unspecified atom stereocenters. The summed E-state index contributed by atoms with van der Waals surface area (Å²) in [6, 6.07) is 0. The molecule has 1 aliphatic heterocycles. The molecule has 0 amide bonds. The van der Waals surface area contributed by atoms with Crippen LogP contribution in [0.25, 0.3) is 0 Å². The van der Waals surface area contributed by atoms with Gasteiger partial charge in [0, 0.05) is 0 Å². The quantitative estimate of drug-likeness (QED) is 0.465. The molecule has 7 heavy (non-hydrogen) atoms. The van der Waals surface area contributed by atoms with Gasteiger partial charge < -0.3 is 4.74 Å². The molecule has 0 aromatic rings. The first kappa shape index (κ1) is 4.91. The van der Waals surface area contributed by atoms with Crippen LogP contribution in [0.15, 0.2) is 4.99 Å². The standard InChI is InChI=1S/C4H6ClNO/c5-3-4-6-1-2-7-4/h1-3H2. The lowest BCUT2D eigenvalue weighted by molar-refractivity contribution is 0.345. The van der Waals surface area contributed by atoms with Crippen LogP contribution in [-0.2, 0) is 4.74 Å². The first-order valence-corrected chi connectivity index (χ1v) is 2.69. The zero-order chi connectivity index (χ0) is 5.11. The molecule has 3 heteroatoms. The van der Waals surface area contributed by atoms with Crippen LogP contribution in [-0.4, -0.2) is 24.9 Å². The molecule has 0 aromatic carbocycles. The van der Waals surface area contributed by atoms with Crippen LogP contribution in [0.1, 0.15) is 0 Å². The van der Waals surface area contributed by atoms with Crippen LogP contribution >= 0.6 is 11.6 Å². The Morgan fingerprint density at radius 2 is 2.71 bits per heavy atom. The molecule has 1 rings (SSSR count). The predicted octanol–water partition coefficient (Wildman–Crippen LogP) is 0.654. The van der Waals surface area contributed by atoms with E-state index < -0.39 is 0 Å². The van der Waals surface area contributed by atoms with Crippen LogP contribution in [0.2, 0.25) is 0 Å². The maximum atomic E-state index is 5.35. The zero-order valence-electron chi connectivity index (χ0n) is 3.85. The smallest absolute Gasteiger partial charge is 0.198 e. The van der Waals surface area contributed by atoms with E-state index in [0.717, 1.165) is 6.54 Å². The predicted molar refractivity (Wildman–Crippen MR) is 29.0 cm³/mol. The molecule has 1 heterocycles. The van der Waals surface area contributed by atoms with Gasteiger partial charge in [0.1, 0.15) is 6.61 Å². The third-order valence-corrected chi connectivity index (χ3v) is 0.991. The molecule has 0 N–H and O–H groups in total. The molecule has 0 saturated carbocycles. The lowest BCUT2D eigenvalue weighted by atomic mass is 10.7. The Morgan fingerprint density at radius 1 is 1.86 bits per heavy atom. The van der Waals surface area contributed by atoms with Gasteiger partial charge in [0.15, 0.2) is 5.90 Å². The number of hydrogen-bond donors (Lipinski definition) is 0. The highest BCUT2D eigenvalue weighted by atomic mass is 35.5. The fraction of sp³-hybridized carbons (Fsp3) is 0.750. The van der Waals surface area contributed by atoms with E-state index in [0.29, 0.717) is 18.4 Å². The van der Waals surface area contributed by atoms with Gasteiger partial charge in [-0.25, -0.2) is 0 Å². The Morgan fingerprint density at radius 3 is 3.00 bits per heavy atom. The number of halogens is 1. The third kappa shape index (κ3) is 1.06. The van der Waals surface area contributed by atoms with Gasteiger partial charge in [-0.2, -0.15) is 0 Å². The zero-order valence-corrected chi connectivity index (χ0v) is 4.61. The van der Waals surface area contributed by atoms with Gasteiger partial charge in [0.05, 0.1) is 12.4 Å². The van der Waals surface area contributed by atoms with Crippen LogP contribution in [0, 0.1) is 0 Å². The minimum Gasteiger partial charge on any atom is -0.478 e. The summed E-state index contributed by atoms with van der Waals surface area (Å²) >= 11 is 5.35. The van der Waals surface area contributed by atoms with Crippen molar-refractivity contribution in [3.63, 3.8) is 0 Å². The maximum Gasteiger partial charge on any atom is 0.198 e. The summed E-state index contributed by atoms with van der Waals surface area (Å²) in [4.78, 5) is 3.92. The highest BCUT2D eigenvalue weighted by Crippen LogP contribution is 1.94. The van der Waals surface area contributed by atoms with Gasteiger partial charge in [-0.05, 0) is 0 Å². The average Bonchev–Trinajstić information content (AvgIpc) is 2.14. The molecule has 0 bridgehead atoms. The summed E-state index contributed by atoms with van der Waals surface area (Å²) in [6.07, 6.45) is 0. The molecule has 1 aliphatic rings. The van der Waals surface area contributed by atoms with Gasteiger partial charge in [0.25, 0.3) is 0 Å². The van der Waals surface area contributed by atoms with Crippen LogP contribution in [0.4, 0.5) is 0 Å². The Bertz CT molecular complexity index is 91.7. The molecule has 2 nitrogen and oxygen atoms in total. The van der Waals surface area contributed by atoms with Crippen molar-refractivity contribution in [2.45, 2.75) is 0 Å². The van der Waals surface area contributed by atoms with E-state index in [1.807, 2.05) is 0 Å². The highest BCUT2D eigenvalue weighted by Gasteiger charge is 2.02. The largest absolute Gasteiger partial charge is 0.478 e. The lowest BCUT2D eigenvalue weighted by Crippen LogP contribution is -1.98. The third-order valence-electron chi connectivity index (χ3n) is 0.762. The number of hydrogen-bond acceptors (Lipinski definition) is 2. The van der Waals surface area contributed by atoms with Crippen molar-refractivity contribution in [2.75, 3.05) is 19.0 Å². The molecule has 0 radical (unpaired) electrons. The Kier molecular flexibility index (Phi) is 1.52. The topological polar surface area (TPSA) is 21.6 Å². The van der Waals surface area contributed by atoms with Crippen molar-refractivity contribution in [1.29, 1.82) is 0 Å². The van der Waals surface area contributed by atoms with E-state index >= 15 is 0 Å². The van der Waals surface area contributed by atoms with Crippen molar-refractivity contribution in [2.24, 2.45) is 4.99 Å². The van der Waals surface area contributed by atoms with E-state index in [-0.39, 0.29) is 0 Å². The fourth-order valence-electron chi connectivity index (χ4n) is 0.460. The van der Waals surface area contributed by atoms with E-state index in [9.17, 15) is 0 Å². The summed E-state index contributed by atoms with van der Waals surface area (Å²) in [5.41, 5.74) is 0. The molecule has 0 aromatic heterocycles. The van der Waals surface area contributed by atoms with E-state index in [2.05, 4.69) is 4.99 Å².